The molecule has 1 aromatic heterocycles. The molecule has 112 valence electrons. The number of hydrogen-bond donors (Lipinski definition) is 3. The Labute approximate surface area is 123 Å². The first kappa shape index (κ1) is 14.9. The number of para-hydroxylation sites is 1. The van der Waals surface area contributed by atoms with Gasteiger partial charge in [0, 0.05) is 38.1 Å². The van der Waals surface area contributed by atoms with E-state index in [0.717, 1.165) is 23.1 Å². The van der Waals surface area contributed by atoms with Crippen molar-refractivity contribution in [2.75, 3.05) is 18.4 Å². The van der Waals surface area contributed by atoms with Gasteiger partial charge in [0.25, 0.3) is 0 Å². The largest absolute Gasteiger partial charge is 0.355 e. The lowest BCUT2D eigenvalue weighted by molar-refractivity contribution is -0.118. The molecule has 1 heterocycles. The smallest absolute Gasteiger partial charge is 0.319 e. The van der Waals surface area contributed by atoms with Crippen molar-refractivity contribution in [3.05, 3.63) is 30.5 Å². The lowest BCUT2D eigenvalue weighted by atomic mass is 10.2. The fraction of sp³-hybridized carbons (Fsp3) is 0.333. The van der Waals surface area contributed by atoms with E-state index in [1.807, 2.05) is 30.5 Å². The Morgan fingerprint density at radius 1 is 1.14 bits per heavy atom. The number of benzene rings is 1. The van der Waals surface area contributed by atoms with Gasteiger partial charge in [-0.05, 0) is 13.0 Å². The minimum absolute atomic E-state index is 0.108. The van der Waals surface area contributed by atoms with Crippen LogP contribution in [0.15, 0.2) is 30.5 Å². The van der Waals surface area contributed by atoms with E-state index in [-0.39, 0.29) is 11.9 Å². The number of hydrogen-bond acceptors (Lipinski definition) is 2. The second-order valence-electron chi connectivity index (χ2n) is 4.71. The number of aryl methyl sites for hydroxylation is 1. The molecule has 0 aliphatic heterocycles. The van der Waals surface area contributed by atoms with Gasteiger partial charge in [0.1, 0.15) is 0 Å². The van der Waals surface area contributed by atoms with E-state index in [2.05, 4.69) is 27.4 Å². The minimum atomic E-state index is -0.278. The van der Waals surface area contributed by atoms with Crippen LogP contribution in [-0.2, 0) is 11.3 Å². The molecule has 0 fully saturated rings. The molecule has 21 heavy (non-hydrogen) atoms. The second kappa shape index (κ2) is 6.78. The number of anilines is 1. The monoisotopic (exact) mass is 288 g/mol. The van der Waals surface area contributed by atoms with Crippen LogP contribution in [0, 0.1) is 0 Å². The van der Waals surface area contributed by atoms with Crippen LogP contribution < -0.4 is 16.0 Å². The molecule has 6 heteroatoms. The average Bonchev–Trinajstić information content (AvgIpc) is 2.82. The topological polar surface area (TPSA) is 75.2 Å². The SMILES string of the molecule is CCn1cc(NC(=O)NCCNC(C)=O)c2ccccc21. The second-order valence-corrected chi connectivity index (χ2v) is 4.71. The van der Waals surface area contributed by atoms with Gasteiger partial charge in [0.15, 0.2) is 0 Å². The fourth-order valence-electron chi connectivity index (χ4n) is 2.19. The van der Waals surface area contributed by atoms with Gasteiger partial charge in [0.2, 0.25) is 5.91 Å². The third-order valence-electron chi connectivity index (χ3n) is 3.16. The number of amides is 3. The third kappa shape index (κ3) is 3.75. The predicted octanol–water partition coefficient (Wildman–Crippen LogP) is 1.92. The molecule has 3 amide bonds. The molecule has 3 N–H and O–H groups in total. The molecular weight excluding hydrogens is 268 g/mol. The highest BCUT2D eigenvalue weighted by molar-refractivity contribution is 6.01. The molecule has 0 saturated heterocycles. The predicted molar refractivity (Wildman–Crippen MR) is 83.3 cm³/mol. The van der Waals surface area contributed by atoms with Gasteiger partial charge >= 0.3 is 6.03 Å². The first-order valence-electron chi connectivity index (χ1n) is 6.99. The fourth-order valence-corrected chi connectivity index (χ4v) is 2.19. The van der Waals surface area contributed by atoms with E-state index >= 15 is 0 Å². The Morgan fingerprint density at radius 2 is 1.86 bits per heavy atom. The zero-order valence-electron chi connectivity index (χ0n) is 12.3. The highest BCUT2D eigenvalue weighted by Gasteiger charge is 2.09. The van der Waals surface area contributed by atoms with Crippen molar-refractivity contribution in [2.24, 2.45) is 0 Å². The van der Waals surface area contributed by atoms with Gasteiger partial charge in [-0.2, -0.15) is 0 Å². The molecule has 0 unspecified atom stereocenters. The van der Waals surface area contributed by atoms with E-state index < -0.39 is 0 Å². The number of fused-ring (bicyclic) bond motifs is 1. The van der Waals surface area contributed by atoms with Crippen molar-refractivity contribution >= 4 is 28.5 Å². The lowest BCUT2D eigenvalue weighted by Gasteiger charge is -2.07. The van der Waals surface area contributed by atoms with Crippen molar-refractivity contribution in [3.8, 4) is 0 Å². The number of carbonyl (C=O) groups is 2. The Bertz CT molecular complexity index is 648. The molecule has 0 bridgehead atoms. The summed E-state index contributed by atoms with van der Waals surface area (Å²) in [6, 6.07) is 7.65. The van der Waals surface area contributed by atoms with Crippen molar-refractivity contribution < 1.29 is 9.59 Å². The number of aromatic nitrogens is 1. The van der Waals surface area contributed by atoms with E-state index in [1.54, 1.807) is 0 Å². The van der Waals surface area contributed by atoms with E-state index in [9.17, 15) is 9.59 Å². The highest BCUT2D eigenvalue weighted by Crippen LogP contribution is 2.25. The number of nitrogens with one attached hydrogen (secondary N) is 3. The van der Waals surface area contributed by atoms with Crippen molar-refractivity contribution in [2.45, 2.75) is 20.4 Å². The van der Waals surface area contributed by atoms with Gasteiger partial charge in [-0.1, -0.05) is 18.2 Å². The van der Waals surface area contributed by atoms with Gasteiger partial charge < -0.3 is 20.5 Å². The number of rotatable bonds is 5. The lowest BCUT2D eigenvalue weighted by Crippen LogP contribution is -2.36. The maximum absolute atomic E-state index is 11.9. The summed E-state index contributed by atoms with van der Waals surface area (Å²) in [5.41, 5.74) is 1.87. The molecule has 0 aliphatic rings. The number of urea groups is 1. The van der Waals surface area contributed by atoms with Crippen molar-refractivity contribution in [1.82, 2.24) is 15.2 Å². The molecule has 0 spiro atoms. The summed E-state index contributed by atoms with van der Waals surface area (Å²) >= 11 is 0. The molecule has 0 aliphatic carbocycles. The summed E-state index contributed by atoms with van der Waals surface area (Å²) in [6.07, 6.45) is 1.93. The van der Waals surface area contributed by atoms with Crippen LogP contribution in [0.4, 0.5) is 10.5 Å². The van der Waals surface area contributed by atoms with Gasteiger partial charge in [-0.25, -0.2) is 4.79 Å². The minimum Gasteiger partial charge on any atom is -0.355 e. The third-order valence-corrected chi connectivity index (χ3v) is 3.16. The molecule has 1 aromatic carbocycles. The van der Waals surface area contributed by atoms with E-state index in [1.165, 1.54) is 6.92 Å². The van der Waals surface area contributed by atoms with E-state index in [4.69, 9.17) is 0 Å². The zero-order chi connectivity index (χ0) is 15.2. The highest BCUT2D eigenvalue weighted by atomic mass is 16.2. The van der Waals surface area contributed by atoms with E-state index in [0.29, 0.717) is 13.1 Å². The van der Waals surface area contributed by atoms with Crippen LogP contribution in [0.5, 0.6) is 0 Å². The van der Waals surface area contributed by atoms with Crippen LogP contribution in [0.3, 0.4) is 0 Å². The van der Waals surface area contributed by atoms with Gasteiger partial charge in [0.05, 0.1) is 11.2 Å². The maximum atomic E-state index is 11.9. The van der Waals surface area contributed by atoms with Crippen LogP contribution in [0.25, 0.3) is 10.9 Å². The van der Waals surface area contributed by atoms with Crippen LogP contribution in [-0.4, -0.2) is 29.6 Å². The summed E-state index contributed by atoms with van der Waals surface area (Å²) in [7, 11) is 0. The molecule has 0 radical (unpaired) electrons. The van der Waals surface area contributed by atoms with Crippen molar-refractivity contribution in [3.63, 3.8) is 0 Å². The average molecular weight is 288 g/mol. The quantitative estimate of drug-likeness (QED) is 0.735. The molecular formula is C15H20N4O2. The van der Waals surface area contributed by atoms with Gasteiger partial charge in [-0.3, -0.25) is 4.79 Å². The van der Waals surface area contributed by atoms with Gasteiger partial charge in [-0.15, -0.1) is 0 Å². The summed E-state index contributed by atoms with van der Waals surface area (Å²) < 4.78 is 2.09. The Kier molecular flexibility index (Phi) is 4.81. The Balaban J connectivity index is 1.99. The van der Waals surface area contributed by atoms with Crippen LogP contribution in [0.1, 0.15) is 13.8 Å². The first-order chi connectivity index (χ1) is 10.1. The molecule has 6 nitrogen and oxygen atoms in total. The Morgan fingerprint density at radius 3 is 2.57 bits per heavy atom. The summed E-state index contributed by atoms with van der Waals surface area (Å²) in [4.78, 5) is 22.6. The van der Waals surface area contributed by atoms with Crippen LogP contribution >= 0.6 is 0 Å². The normalized spacial score (nSPS) is 10.4. The number of carbonyl (C=O) groups excluding carboxylic acids is 2. The molecule has 0 atom stereocenters. The standard InChI is InChI=1S/C15H20N4O2/c1-3-19-10-13(12-6-4-5-7-14(12)19)18-15(21)17-9-8-16-11(2)20/h4-7,10H,3,8-9H2,1-2H3,(H,16,20)(H2,17,18,21). The molecule has 2 aromatic rings. The Hall–Kier alpha value is -2.50. The summed E-state index contributed by atoms with van der Waals surface area (Å²) in [5, 5.41) is 9.18. The molecule has 2 rings (SSSR count). The summed E-state index contributed by atoms with van der Waals surface area (Å²) in [6.45, 7) is 5.15. The zero-order valence-corrected chi connectivity index (χ0v) is 12.3. The first-order valence-corrected chi connectivity index (χ1v) is 6.99. The number of nitrogens with zero attached hydrogens (tertiary/aromatic N) is 1. The summed E-state index contributed by atoms with van der Waals surface area (Å²) in [5.74, 6) is -0.108. The van der Waals surface area contributed by atoms with Crippen molar-refractivity contribution in [1.29, 1.82) is 0 Å². The maximum Gasteiger partial charge on any atom is 0.319 e. The molecule has 0 saturated carbocycles. The van der Waals surface area contributed by atoms with Crippen LogP contribution in [0.2, 0.25) is 0 Å².